The summed E-state index contributed by atoms with van der Waals surface area (Å²) in [6.07, 6.45) is 0. The van der Waals surface area contributed by atoms with Gasteiger partial charge in [0.25, 0.3) is 0 Å². The highest BCUT2D eigenvalue weighted by molar-refractivity contribution is 5.63. The number of rotatable bonds is 1. The second-order valence-corrected chi connectivity index (χ2v) is 5.03. The summed E-state index contributed by atoms with van der Waals surface area (Å²) in [7, 11) is 0. The van der Waals surface area contributed by atoms with Crippen LogP contribution in [0, 0.1) is 19.7 Å². The van der Waals surface area contributed by atoms with Crippen LogP contribution in [0.5, 0.6) is 0 Å². The fourth-order valence-electron chi connectivity index (χ4n) is 2.06. The first-order chi connectivity index (χ1) is 10.1. The molecular weight excluding hydrogens is 259 g/mol. The molecule has 0 unspecified atom stereocenters. The van der Waals surface area contributed by atoms with Crippen molar-refractivity contribution in [2.75, 3.05) is 0 Å². The van der Waals surface area contributed by atoms with Crippen LogP contribution in [0.4, 0.5) is 4.39 Å². The molecule has 0 heterocycles. The molecule has 106 valence electrons. The molecule has 0 nitrogen and oxygen atoms in total. The molecule has 0 N–H and O–H groups in total. The first-order valence-corrected chi connectivity index (χ1v) is 6.99. The molecule has 0 saturated heterocycles. The maximum Gasteiger partial charge on any atom is 0.123 e. The predicted octanol–water partition coefficient (Wildman–Crippen LogP) is 5.80. The van der Waals surface area contributed by atoms with Crippen LogP contribution in [0.2, 0.25) is 0 Å². The summed E-state index contributed by atoms with van der Waals surface area (Å²) in [5.41, 5.74) is 4.85. The smallest absolute Gasteiger partial charge is 0.123 e. The van der Waals surface area contributed by atoms with E-state index in [0.29, 0.717) is 0 Å². The molecule has 3 rings (SSSR count). The van der Waals surface area contributed by atoms with E-state index < -0.39 is 0 Å². The van der Waals surface area contributed by atoms with Crippen LogP contribution in [0.15, 0.2) is 78.9 Å². The van der Waals surface area contributed by atoms with Crippen molar-refractivity contribution in [3.05, 3.63) is 95.8 Å². The summed E-state index contributed by atoms with van der Waals surface area (Å²) in [4.78, 5) is 0. The van der Waals surface area contributed by atoms with Gasteiger partial charge in [0.2, 0.25) is 0 Å². The van der Waals surface area contributed by atoms with E-state index >= 15 is 0 Å². The van der Waals surface area contributed by atoms with Crippen molar-refractivity contribution >= 4 is 0 Å². The standard InChI is InChI=1S/C13H12.C7H7F/c1-11-6-5-9-13(10-11)12-7-3-2-4-8-12;1-6-3-2-4-7(8)5-6/h2-10H,1H3;2-5H,1H3. The highest BCUT2D eigenvalue weighted by Crippen LogP contribution is 2.19. The van der Waals surface area contributed by atoms with Crippen molar-refractivity contribution in [2.45, 2.75) is 13.8 Å². The SMILES string of the molecule is Cc1cccc(-c2ccccc2)c1.Cc1cccc(F)c1. The number of hydrogen-bond donors (Lipinski definition) is 0. The quantitative estimate of drug-likeness (QED) is 0.528. The molecule has 0 aromatic heterocycles. The minimum Gasteiger partial charge on any atom is -0.207 e. The van der Waals surface area contributed by atoms with E-state index in [-0.39, 0.29) is 5.82 Å². The molecule has 21 heavy (non-hydrogen) atoms. The number of benzene rings is 3. The van der Waals surface area contributed by atoms with Gasteiger partial charge in [0.05, 0.1) is 0 Å². The lowest BCUT2D eigenvalue weighted by Gasteiger charge is -2.01. The van der Waals surface area contributed by atoms with Crippen LogP contribution in [-0.4, -0.2) is 0 Å². The van der Waals surface area contributed by atoms with Gasteiger partial charge in [-0.15, -0.1) is 0 Å². The van der Waals surface area contributed by atoms with Crippen molar-refractivity contribution in [1.29, 1.82) is 0 Å². The molecule has 1 heteroatoms. The fourth-order valence-corrected chi connectivity index (χ4v) is 2.06. The van der Waals surface area contributed by atoms with Gasteiger partial charge in [0.15, 0.2) is 0 Å². The van der Waals surface area contributed by atoms with Gasteiger partial charge in [-0.25, -0.2) is 4.39 Å². The van der Waals surface area contributed by atoms with Gasteiger partial charge in [-0.05, 0) is 42.7 Å². The minimum atomic E-state index is -0.162. The Morgan fingerprint density at radius 1 is 0.571 bits per heavy atom. The summed E-state index contributed by atoms with van der Waals surface area (Å²) in [5.74, 6) is -0.162. The monoisotopic (exact) mass is 278 g/mol. The van der Waals surface area contributed by atoms with Crippen molar-refractivity contribution in [2.24, 2.45) is 0 Å². The van der Waals surface area contributed by atoms with Gasteiger partial charge in [0.1, 0.15) is 5.82 Å². The highest BCUT2D eigenvalue weighted by atomic mass is 19.1. The maximum absolute atomic E-state index is 12.2. The van der Waals surface area contributed by atoms with E-state index in [0.717, 1.165) is 5.56 Å². The van der Waals surface area contributed by atoms with Crippen molar-refractivity contribution < 1.29 is 4.39 Å². The zero-order valence-electron chi connectivity index (χ0n) is 12.4. The van der Waals surface area contributed by atoms with Crippen molar-refractivity contribution in [1.82, 2.24) is 0 Å². The van der Waals surface area contributed by atoms with Crippen LogP contribution < -0.4 is 0 Å². The molecule has 0 aliphatic heterocycles. The minimum absolute atomic E-state index is 0.162. The molecule has 0 bridgehead atoms. The molecule has 0 fully saturated rings. The summed E-state index contributed by atoms with van der Waals surface area (Å²) in [5, 5.41) is 0. The molecule has 0 atom stereocenters. The first-order valence-electron chi connectivity index (χ1n) is 6.99. The molecule has 3 aromatic rings. The summed E-state index contributed by atoms with van der Waals surface area (Å²) in [6, 6.07) is 25.5. The Morgan fingerprint density at radius 3 is 1.67 bits per heavy atom. The Balaban J connectivity index is 0.000000173. The van der Waals surface area contributed by atoms with Gasteiger partial charge in [0, 0.05) is 0 Å². The van der Waals surface area contributed by atoms with E-state index in [2.05, 4.69) is 55.5 Å². The third kappa shape index (κ3) is 4.88. The summed E-state index contributed by atoms with van der Waals surface area (Å²) in [6.45, 7) is 3.98. The molecule has 0 aliphatic rings. The van der Waals surface area contributed by atoms with Crippen LogP contribution in [0.1, 0.15) is 11.1 Å². The zero-order chi connectivity index (χ0) is 15.1. The number of halogens is 1. The Hall–Kier alpha value is -2.41. The fraction of sp³-hybridized carbons (Fsp3) is 0.100. The molecule has 0 aliphatic carbocycles. The summed E-state index contributed by atoms with van der Waals surface area (Å²) >= 11 is 0. The second-order valence-electron chi connectivity index (χ2n) is 5.03. The first kappa shape index (κ1) is 15.0. The van der Waals surface area contributed by atoms with E-state index in [1.54, 1.807) is 6.07 Å². The molecular formula is C20H19F. The predicted molar refractivity (Wildman–Crippen MR) is 87.8 cm³/mol. The van der Waals surface area contributed by atoms with Gasteiger partial charge in [-0.2, -0.15) is 0 Å². The topological polar surface area (TPSA) is 0 Å². The van der Waals surface area contributed by atoms with Crippen LogP contribution in [0.3, 0.4) is 0 Å². The van der Waals surface area contributed by atoms with Gasteiger partial charge < -0.3 is 0 Å². The van der Waals surface area contributed by atoms with Gasteiger partial charge in [-0.3, -0.25) is 0 Å². The average Bonchev–Trinajstić information content (AvgIpc) is 2.49. The number of aryl methyl sites for hydroxylation is 2. The lowest BCUT2D eigenvalue weighted by Crippen LogP contribution is -1.77. The lowest BCUT2D eigenvalue weighted by atomic mass is 10.0. The third-order valence-electron chi connectivity index (χ3n) is 3.11. The molecule has 0 spiro atoms. The van der Waals surface area contributed by atoms with E-state index in [1.165, 1.54) is 28.8 Å². The Labute approximate surface area is 125 Å². The van der Waals surface area contributed by atoms with Crippen molar-refractivity contribution in [3.8, 4) is 11.1 Å². The highest BCUT2D eigenvalue weighted by Gasteiger charge is 1.94. The summed E-state index contributed by atoms with van der Waals surface area (Å²) < 4.78 is 12.2. The Kier molecular flexibility index (Phi) is 5.28. The van der Waals surface area contributed by atoms with E-state index in [4.69, 9.17) is 0 Å². The van der Waals surface area contributed by atoms with Gasteiger partial charge in [-0.1, -0.05) is 72.3 Å². The maximum atomic E-state index is 12.2. The second kappa shape index (κ2) is 7.39. The Morgan fingerprint density at radius 2 is 1.14 bits per heavy atom. The lowest BCUT2D eigenvalue weighted by molar-refractivity contribution is 0.626. The molecule has 0 radical (unpaired) electrons. The van der Waals surface area contributed by atoms with Crippen LogP contribution in [0.25, 0.3) is 11.1 Å². The average molecular weight is 278 g/mol. The Bertz CT molecular complexity index is 670. The van der Waals surface area contributed by atoms with E-state index in [9.17, 15) is 4.39 Å². The van der Waals surface area contributed by atoms with Crippen molar-refractivity contribution in [3.63, 3.8) is 0 Å². The molecule has 0 amide bonds. The van der Waals surface area contributed by atoms with E-state index in [1.807, 2.05) is 19.1 Å². The van der Waals surface area contributed by atoms with Crippen LogP contribution in [-0.2, 0) is 0 Å². The van der Waals surface area contributed by atoms with Gasteiger partial charge >= 0.3 is 0 Å². The third-order valence-corrected chi connectivity index (χ3v) is 3.11. The number of hydrogen-bond acceptors (Lipinski definition) is 0. The zero-order valence-corrected chi connectivity index (χ0v) is 12.4. The molecule has 3 aromatic carbocycles. The molecule has 0 saturated carbocycles. The largest absolute Gasteiger partial charge is 0.207 e. The normalized spacial score (nSPS) is 9.67. The van der Waals surface area contributed by atoms with Crippen LogP contribution >= 0.6 is 0 Å².